The van der Waals surface area contributed by atoms with Crippen molar-refractivity contribution in [1.82, 2.24) is 0 Å². The summed E-state index contributed by atoms with van der Waals surface area (Å²) in [6, 6.07) is 9.86. The molecule has 0 aromatic heterocycles. The Balaban J connectivity index is 1.39. The first-order chi connectivity index (χ1) is 15.3. The Labute approximate surface area is 182 Å². The van der Waals surface area contributed by atoms with Gasteiger partial charge in [0.05, 0.1) is 13.2 Å². The van der Waals surface area contributed by atoms with E-state index in [0.29, 0.717) is 5.75 Å². The Hall–Kier alpha value is -2.06. The number of fused-ring (bicyclic) bond motifs is 1. The minimum absolute atomic E-state index is 0.130. The van der Waals surface area contributed by atoms with Gasteiger partial charge in [-0.25, -0.2) is 0 Å². The van der Waals surface area contributed by atoms with Crippen molar-refractivity contribution in [3.63, 3.8) is 0 Å². The minimum Gasteiger partial charge on any atom is -0.508 e. The molecule has 0 spiro atoms. The second kappa shape index (κ2) is 9.43. The monoisotopic (exact) mass is 454 g/mol. The zero-order valence-electron chi connectivity index (χ0n) is 16.8. The number of hydrogen-bond acceptors (Lipinski definition) is 11. The maximum Gasteiger partial charge on any atom is 0.228 e. The number of aromatic hydroxyl groups is 1. The molecule has 7 N–H and O–H groups in total. The van der Waals surface area contributed by atoms with Gasteiger partial charge in [-0.1, -0.05) is 12.1 Å². The lowest BCUT2D eigenvalue weighted by Gasteiger charge is -2.43. The van der Waals surface area contributed by atoms with Gasteiger partial charge in [-0.15, -0.1) is 0 Å². The summed E-state index contributed by atoms with van der Waals surface area (Å²) in [6.07, 6.45) is -12.8. The standard InChI is InChI=1S/C21H26O11/c22-7-13-15(24)17(26)19(28)21(31-13)32-14-8-29-20(18(27)16(14)25)30-12-4-2-9-5-11(23)3-1-10(9)6-12/h1-6,13-28H,7-8H2/t13?,14-,15+,16?,17?,18?,19?,20+,21+/m1/s1. The number of rotatable bonds is 5. The van der Waals surface area contributed by atoms with Crippen LogP contribution in [0.15, 0.2) is 36.4 Å². The van der Waals surface area contributed by atoms with Gasteiger partial charge in [0.1, 0.15) is 54.2 Å². The fourth-order valence-electron chi connectivity index (χ4n) is 3.76. The number of benzene rings is 2. The van der Waals surface area contributed by atoms with Crippen LogP contribution >= 0.6 is 0 Å². The summed E-state index contributed by atoms with van der Waals surface area (Å²) in [6.45, 7) is -0.863. The highest BCUT2D eigenvalue weighted by molar-refractivity contribution is 5.85. The molecule has 0 amide bonds. The Morgan fingerprint density at radius 3 is 2.25 bits per heavy atom. The Morgan fingerprint density at radius 1 is 0.812 bits per heavy atom. The van der Waals surface area contributed by atoms with Crippen molar-refractivity contribution in [3.05, 3.63) is 36.4 Å². The smallest absolute Gasteiger partial charge is 0.228 e. The van der Waals surface area contributed by atoms with E-state index in [0.717, 1.165) is 10.8 Å². The first-order valence-corrected chi connectivity index (χ1v) is 10.1. The summed E-state index contributed by atoms with van der Waals surface area (Å²) in [4.78, 5) is 0. The number of phenols is 1. The molecule has 0 saturated carbocycles. The van der Waals surface area contributed by atoms with Gasteiger partial charge in [0.25, 0.3) is 0 Å². The zero-order valence-corrected chi connectivity index (χ0v) is 16.8. The number of hydrogen-bond donors (Lipinski definition) is 7. The number of ether oxygens (including phenoxy) is 4. The number of phenolic OH excluding ortho intramolecular Hbond substituents is 1. The fraction of sp³-hybridized carbons (Fsp3) is 0.524. The van der Waals surface area contributed by atoms with Gasteiger partial charge < -0.3 is 54.7 Å². The summed E-state index contributed by atoms with van der Waals surface area (Å²) in [5.41, 5.74) is 0. The molecule has 2 aromatic carbocycles. The summed E-state index contributed by atoms with van der Waals surface area (Å²) < 4.78 is 21.9. The van der Waals surface area contributed by atoms with E-state index in [2.05, 4.69) is 0 Å². The van der Waals surface area contributed by atoms with E-state index in [1.807, 2.05) is 0 Å². The molecule has 2 aliphatic rings. The van der Waals surface area contributed by atoms with E-state index >= 15 is 0 Å². The highest BCUT2D eigenvalue weighted by Crippen LogP contribution is 2.29. The van der Waals surface area contributed by atoms with E-state index in [4.69, 9.17) is 18.9 Å². The van der Waals surface area contributed by atoms with Gasteiger partial charge in [-0.2, -0.15) is 0 Å². The second-order valence-electron chi connectivity index (χ2n) is 7.87. The molecule has 2 aromatic rings. The lowest BCUT2D eigenvalue weighted by molar-refractivity contribution is -0.338. The first-order valence-electron chi connectivity index (χ1n) is 10.1. The third-order valence-corrected chi connectivity index (χ3v) is 5.64. The highest BCUT2D eigenvalue weighted by Gasteiger charge is 2.48. The highest BCUT2D eigenvalue weighted by atomic mass is 16.7. The van der Waals surface area contributed by atoms with Crippen LogP contribution in [-0.4, -0.2) is 104 Å². The lowest BCUT2D eigenvalue weighted by Crippen LogP contribution is -2.62. The van der Waals surface area contributed by atoms with Crippen molar-refractivity contribution >= 4 is 10.8 Å². The van der Waals surface area contributed by atoms with Gasteiger partial charge in [0, 0.05) is 0 Å². The van der Waals surface area contributed by atoms with Crippen LogP contribution in [0.4, 0.5) is 0 Å². The quantitative estimate of drug-likeness (QED) is 0.271. The summed E-state index contributed by atoms with van der Waals surface area (Å²) in [5, 5.41) is 71.1. The molecule has 32 heavy (non-hydrogen) atoms. The Morgan fingerprint density at radius 2 is 1.50 bits per heavy atom. The van der Waals surface area contributed by atoms with Gasteiger partial charge in [-0.05, 0) is 35.0 Å². The Kier molecular flexibility index (Phi) is 6.81. The molecule has 0 bridgehead atoms. The second-order valence-corrected chi connectivity index (χ2v) is 7.87. The average Bonchev–Trinajstić information content (AvgIpc) is 2.79. The van der Waals surface area contributed by atoms with Crippen molar-refractivity contribution < 1.29 is 54.7 Å². The van der Waals surface area contributed by atoms with E-state index in [1.165, 1.54) is 6.07 Å². The predicted octanol–water partition coefficient (Wildman–Crippen LogP) is -1.81. The van der Waals surface area contributed by atoms with E-state index in [-0.39, 0.29) is 12.4 Å². The number of aliphatic hydroxyl groups is 6. The third-order valence-electron chi connectivity index (χ3n) is 5.64. The van der Waals surface area contributed by atoms with Crippen LogP contribution < -0.4 is 4.74 Å². The van der Waals surface area contributed by atoms with Crippen LogP contribution in [-0.2, 0) is 14.2 Å². The van der Waals surface area contributed by atoms with E-state index < -0.39 is 61.9 Å². The zero-order chi connectivity index (χ0) is 23.0. The van der Waals surface area contributed by atoms with Crippen molar-refractivity contribution in [1.29, 1.82) is 0 Å². The van der Waals surface area contributed by atoms with Gasteiger partial charge in [-0.3, -0.25) is 0 Å². The molecule has 2 fully saturated rings. The van der Waals surface area contributed by atoms with Crippen LogP contribution in [0, 0.1) is 0 Å². The SMILES string of the molecule is OCC1O[C@@H](O[C@@H]2CO[C@@H](Oc3ccc4cc(O)ccc4c3)C(O)C2O)C(O)C(O)[C@H]1O. The van der Waals surface area contributed by atoms with Crippen LogP contribution in [0.2, 0.25) is 0 Å². The van der Waals surface area contributed by atoms with Gasteiger partial charge >= 0.3 is 0 Å². The predicted molar refractivity (Wildman–Crippen MR) is 107 cm³/mol. The van der Waals surface area contributed by atoms with E-state index in [1.54, 1.807) is 30.3 Å². The van der Waals surface area contributed by atoms with Crippen molar-refractivity contribution in [2.24, 2.45) is 0 Å². The molecular formula is C21H26O11. The molecule has 0 radical (unpaired) electrons. The largest absolute Gasteiger partial charge is 0.508 e. The fourth-order valence-corrected chi connectivity index (χ4v) is 3.76. The maximum absolute atomic E-state index is 10.5. The molecule has 11 heteroatoms. The molecule has 0 aliphatic carbocycles. The average molecular weight is 454 g/mol. The van der Waals surface area contributed by atoms with Gasteiger partial charge in [0.15, 0.2) is 6.29 Å². The van der Waals surface area contributed by atoms with Gasteiger partial charge in [0.2, 0.25) is 6.29 Å². The third kappa shape index (κ3) is 4.53. The molecule has 2 aliphatic heterocycles. The molecule has 4 rings (SSSR count). The van der Waals surface area contributed by atoms with Crippen molar-refractivity contribution in [2.75, 3.05) is 13.2 Å². The van der Waals surface area contributed by atoms with Crippen LogP contribution in [0.3, 0.4) is 0 Å². The summed E-state index contributed by atoms with van der Waals surface area (Å²) in [5.74, 6) is 0.499. The first kappa shape index (κ1) is 23.1. The van der Waals surface area contributed by atoms with Crippen LogP contribution in [0.1, 0.15) is 0 Å². The molecule has 2 saturated heterocycles. The maximum atomic E-state index is 10.5. The van der Waals surface area contributed by atoms with Crippen molar-refractivity contribution in [3.8, 4) is 11.5 Å². The Bertz CT molecular complexity index is 922. The topological polar surface area (TPSA) is 179 Å². The molecule has 9 atom stereocenters. The normalized spacial score (nSPS) is 38.0. The summed E-state index contributed by atoms with van der Waals surface area (Å²) in [7, 11) is 0. The van der Waals surface area contributed by atoms with Crippen molar-refractivity contribution in [2.45, 2.75) is 55.3 Å². The summed E-state index contributed by atoms with van der Waals surface area (Å²) >= 11 is 0. The number of aliphatic hydroxyl groups excluding tert-OH is 6. The molecule has 5 unspecified atom stereocenters. The molecule has 11 nitrogen and oxygen atoms in total. The van der Waals surface area contributed by atoms with Crippen LogP contribution in [0.5, 0.6) is 11.5 Å². The molecule has 2 heterocycles. The molecule has 176 valence electrons. The van der Waals surface area contributed by atoms with E-state index in [9.17, 15) is 35.7 Å². The molecular weight excluding hydrogens is 428 g/mol. The lowest BCUT2D eigenvalue weighted by atomic mass is 9.99. The minimum atomic E-state index is -1.65. The van der Waals surface area contributed by atoms with Crippen LogP contribution in [0.25, 0.3) is 10.8 Å².